The van der Waals surface area contributed by atoms with E-state index in [1.165, 1.54) is 6.92 Å². The van der Waals surface area contributed by atoms with Crippen LogP contribution in [0.1, 0.15) is 23.7 Å². The Kier molecular flexibility index (Phi) is 3.82. The topological polar surface area (TPSA) is 63.4 Å². The lowest BCUT2D eigenvalue weighted by Crippen LogP contribution is -2.27. The van der Waals surface area contributed by atoms with Gasteiger partial charge in [-0.15, -0.1) is 0 Å². The van der Waals surface area contributed by atoms with Crippen LogP contribution in [0.4, 0.5) is 5.69 Å². The third-order valence-corrected chi connectivity index (χ3v) is 3.66. The minimum atomic E-state index is -0.0460. The smallest absolute Gasteiger partial charge is 0.227 e. The van der Waals surface area contributed by atoms with E-state index in [1.807, 2.05) is 6.07 Å². The molecule has 1 aliphatic rings. The number of ketones is 1. The van der Waals surface area contributed by atoms with E-state index in [0.29, 0.717) is 30.8 Å². The Labute approximate surface area is 114 Å². The second-order valence-corrected chi connectivity index (χ2v) is 5.44. The number of rotatable bonds is 3. The Morgan fingerprint density at radius 3 is 2.83 bits per heavy atom. The maximum Gasteiger partial charge on any atom is 0.227 e. The van der Waals surface area contributed by atoms with E-state index in [2.05, 4.69) is 15.9 Å². The van der Waals surface area contributed by atoms with Crippen LogP contribution >= 0.6 is 15.9 Å². The number of Topliss-reactive ketones (excluding diaryl/α,β-unsaturated/α-hetero) is 1. The molecule has 1 heterocycles. The standard InChI is InChI=1S/C13H15BrN2O2/c1-8(17)11-5-10(14)2-3-12(11)16-7-9(6-15)4-13(16)18/h2-3,5,9H,4,6-7,15H2,1H3. The molecule has 0 aromatic heterocycles. The number of carbonyl (C=O) groups is 2. The van der Waals surface area contributed by atoms with Gasteiger partial charge in [0.05, 0.1) is 5.69 Å². The number of amides is 1. The molecule has 1 unspecified atom stereocenters. The van der Waals surface area contributed by atoms with E-state index >= 15 is 0 Å². The molecule has 0 radical (unpaired) electrons. The predicted octanol–water partition coefficient (Wildman–Crippen LogP) is 1.96. The van der Waals surface area contributed by atoms with Gasteiger partial charge in [-0.25, -0.2) is 0 Å². The molecule has 1 saturated heterocycles. The predicted molar refractivity (Wildman–Crippen MR) is 73.7 cm³/mol. The van der Waals surface area contributed by atoms with Gasteiger partial charge in [-0.05, 0) is 37.6 Å². The Balaban J connectivity index is 2.39. The Hall–Kier alpha value is -1.20. The van der Waals surface area contributed by atoms with Crippen molar-refractivity contribution in [3.8, 4) is 0 Å². The van der Waals surface area contributed by atoms with Crippen molar-refractivity contribution in [1.29, 1.82) is 0 Å². The number of hydrogen-bond donors (Lipinski definition) is 1. The Bertz CT molecular complexity index is 502. The SMILES string of the molecule is CC(=O)c1cc(Br)ccc1N1CC(CN)CC1=O. The normalized spacial score (nSPS) is 19.4. The summed E-state index contributed by atoms with van der Waals surface area (Å²) in [7, 11) is 0. The van der Waals surface area contributed by atoms with Gasteiger partial charge in [-0.3, -0.25) is 9.59 Å². The fourth-order valence-electron chi connectivity index (χ4n) is 2.20. The second-order valence-electron chi connectivity index (χ2n) is 4.53. The lowest BCUT2D eigenvalue weighted by atomic mass is 10.1. The Morgan fingerprint density at radius 2 is 2.28 bits per heavy atom. The van der Waals surface area contributed by atoms with Crippen LogP contribution in [0.2, 0.25) is 0 Å². The van der Waals surface area contributed by atoms with Gasteiger partial charge in [-0.1, -0.05) is 15.9 Å². The average Bonchev–Trinajstić information content (AvgIpc) is 2.70. The van der Waals surface area contributed by atoms with Crippen molar-refractivity contribution < 1.29 is 9.59 Å². The number of benzene rings is 1. The van der Waals surface area contributed by atoms with Crippen LogP contribution in [0.25, 0.3) is 0 Å². The van der Waals surface area contributed by atoms with E-state index in [0.717, 1.165) is 4.47 Å². The zero-order valence-electron chi connectivity index (χ0n) is 10.1. The molecule has 2 rings (SSSR count). The first-order valence-electron chi connectivity index (χ1n) is 5.84. The minimum Gasteiger partial charge on any atom is -0.330 e. The van der Waals surface area contributed by atoms with Crippen LogP contribution in [0.5, 0.6) is 0 Å². The quantitative estimate of drug-likeness (QED) is 0.868. The summed E-state index contributed by atoms with van der Waals surface area (Å²) < 4.78 is 0.832. The van der Waals surface area contributed by atoms with E-state index in [1.54, 1.807) is 17.0 Å². The van der Waals surface area contributed by atoms with Crippen LogP contribution in [0.3, 0.4) is 0 Å². The van der Waals surface area contributed by atoms with Gasteiger partial charge >= 0.3 is 0 Å². The summed E-state index contributed by atoms with van der Waals surface area (Å²) in [5.41, 5.74) is 6.86. The highest BCUT2D eigenvalue weighted by molar-refractivity contribution is 9.10. The molecule has 1 aliphatic heterocycles. The molecule has 0 aliphatic carbocycles. The van der Waals surface area contributed by atoms with Crippen LogP contribution in [0, 0.1) is 5.92 Å². The molecule has 1 amide bonds. The maximum atomic E-state index is 12.0. The molecule has 1 atom stereocenters. The summed E-state index contributed by atoms with van der Waals surface area (Å²) in [5.74, 6) is 0.173. The van der Waals surface area contributed by atoms with Gasteiger partial charge in [0.2, 0.25) is 5.91 Å². The van der Waals surface area contributed by atoms with Crippen molar-refractivity contribution in [3.05, 3.63) is 28.2 Å². The molecule has 2 N–H and O–H groups in total. The number of hydrogen-bond acceptors (Lipinski definition) is 3. The minimum absolute atomic E-state index is 0.0373. The zero-order chi connectivity index (χ0) is 13.3. The fourth-order valence-corrected chi connectivity index (χ4v) is 2.56. The number of carbonyl (C=O) groups excluding carboxylic acids is 2. The molecular formula is C13H15BrN2O2. The zero-order valence-corrected chi connectivity index (χ0v) is 11.7. The van der Waals surface area contributed by atoms with Crippen LogP contribution in [0.15, 0.2) is 22.7 Å². The molecule has 4 nitrogen and oxygen atoms in total. The highest BCUT2D eigenvalue weighted by Crippen LogP contribution is 2.30. The average molecular weight is 311 g/mol. The van der Waals surface area contributed by atoms with Gasteiger partial charge in [0.25, 0.3) is 0 Å². The molecular weight excluding hydrogens is 296 g/mol. The number of nitrogens with zero attached hydrogens (tertiary/aromatic N) is 1. The van der Waals surface area contributed by atoms with Gasteiger partial charge in [0.15, 0.2) is 5.78 Å². The molecule has 0 saturated carbocycles. The van der Waals surface area contributed by atoms with Gasteiger partial charge in [0.1, 0.15) is 0 Å². The van der Waals surface area contributed by atoms with Crippen molar-refractivity contribution >= 4 is 33.3 Å². The summed E-state index contributed by atoms with van der Waals surface area (Å²) in [6.45, 7) is 2.59. The van der Waals surface area contributed by atoms with Crippen molar-refractivity contribution in [2.24, 2.45) is 11.7 Å². The highest BCUT2D eigenvalue weighted by Gasteiger charge is 2.31. The summed E-state index contributed by atoms with van der Waals surface area (Å²) in [5, 5.41) is 0. The summed E-state index contributed by atoms with van der Waals surface area (Å²) in [6.07, 6.45) is 0.462. The highest BCUT2D eigenvalue weighted by atomic mass is 79.9. The van der Waals surface area contributed by atoms with E-state index in [4.69, 9.17) is 5.73 Å². The molecule has 0 spiro atoms. The first-order valence-corrected chi connectivity index (χ1v) is 6.63. The fraction of sp³-hybridized carbons (Fsp3) is 0.385. The molecule has 5 heteroatoms. The molecule has 0 bridgehead atoms. The molecule has 1 aromatic rings. The summed E-state index contributed by atoms with van der Waals surface area (Å²) >= 11 is 3.34. The summed E-state index contributed by atoms with van der Waals surface area (Å²) in [6, 6.07) is 5.39. The van der Waals surface area contributed by atoms with Gasteiger partial charge in [0, 0.05) is 23.0 Å². The molecule has 96 valence electrons. The van der Waals surface area contributed by atoms with Crippen molar-refractivity contribution in [2.45, 2.75) is 13.3 Å². The van der Waals surface area contributed by atoms with Gasteiger partial charge < -0.3 is 10.6 Å². The lowest BCUT2D eigenvalue weighted by Gasteiger charge is -2.19. The van der Waals surface area contributed by atoms with Crippen molar-refractivity contribution in [3.63, 3.8) is 0 Å². The number of anilines is 1. The van der Waals surface area contributed by atoms with Crippen LogP contribution in [-0.2, 0) is 4.79 Å². The summed E-state index contributed by atoms with van der Waals surface area (Å²) in [4.78, 5) is 25.3. The first kappa shape index (κ1) is 13.2. The number of halogens is 1. The maximum absolute atomic E-state index is 12.0. The van der Waals surface area contributed by atoms with Crippen molar-refractivity contribution in [2.75, 3.05) is 18.0 Å². The molecule has 1 fully saturated rings. The van der Waals surface area contributed by atoms with Gasteiger partial charge in [-0.2, -0.15) is 0 Å². The monoisotopic (exact) mass is 310 g/mol. The third-order valence-electron chi connectivity index (χ3n) is 3.17. The Morgan fingerprint density at radius 1 is 1.56 bits per heavy atom. The van der Waals surface area contributed by atoms with Crippen LogP contribution < -0.4 is 10.6 Å². The van der Waals surface area contributed by atoms with E-state index in [-0.39, 0.29) is 17.6 Å². The first-order chi connectivity index (χ1) is 8.52. The van der Waals surface area contributed by atoms with Crippen LogP contribution in [-0.4, -0.2) is 24.8 Å². The lowest BCUT2D eigenvalue weighted by molar-refractivity contribution is -0.117. The molecule has 18 heavy (non-hydrogen) atoms. The largest absolute Gasteiger partial charge is 0.330 e. The third kappa shape index (κ3) is 2.47. The van der Waals surface area contributed by atoms with Crippen molar-refractivity contribution in [1.82, 2.24) is 0 Å². The second kappa shape index (κ2) is 5.20. The number of nitrogens with two attached hydrogens (primary N) is 1. The van der Waals surface area contributed by atoms with E-state index in [9.17, 15) is 9.59 Å². The molecule has 1 aromatic carbocycles. The van der Waals surface area contributed by atoms with E-state index < -0.39 is 0 Å².